The third-order valence-corrected chi connectivity index (χ3v) is 4.54. The SMILES string of the molecule is COc1ccccc1Nc1nc(C(=O)NCCC(=O)Nc2ccccc2)cs1. The Morgan fingerprint density at radius 1 is 1.07 bits per heavy atom. The molecule has 8 heteroatoms. The number of thiazole rings is 1. The third kappa shape index (κ3) is 5.31. The van der Waals surface area contributed by atoms with E-state index in [1.807, 2.05) is 54.6 Å². The highest BCUT2D eigenvalue weighted by molar-refractivity contribution is 7.14. The van der Waals surface area contributed by atoms with Gasteiger partial charge in [0.25, 0.3) is 5.91 Å². The third-order valence-electron chi connectivity index (χ3n) is 3.78. The van der Waals surface area contributed by atoms with Gasteiger partial charge >= 0.3 is 0 Å². The Hall–Kier alpha value is -3.39. The van der Waals surface area contributed by atoms with Crippen LogP contribution in [0.5, 0.6) is 5.75 Å². The van der Waals surface area contributed by atoms with Gasteiger partial charge in [-0.3, -0.25) is 9.59 Å². The van der Waals surface area contributed by atoms with Crippen LogP contribution in [-0.2, 0) is 4.79 Å². The molecule has 0 bridgehead atoms. The summed E-state index contributed by atoms with van der Waals surface area (Å²) in [5.41, 5.74) is 1.79. The van der Waals surface area contributed by atoms with Crippen molar-refractivity contribution in [1.82, 2.24) is 10.3 Å². The summed E-state index contributed by atoms with van der Waals surface area (Å²) in [7, 11) is 1.59. The normalized spacial score (nSPS) is 10.2. The van der Waals surface area contributed by atoms with Crippen LogP contribution in [0.1, 0.15) is 16.9 Å². The molecule has 0 atom stereocenters. The first kappa shape index (κ1) is 19.4. The van der Waals surface area contributed by atoms with Crippen LogP contribution in [0.25, 0.3) is 0 Å². The number of hydrogen-bond donors (Lipinski definition) is 3. The second-order valence-corrected chi connectivity index (χ2v) is 6.64. The monoisotopic (exact) mass is 396 g/mol. The molecular weight excluding hydrogens is 376 g/mol. The van der Waals surface area contributed by atoms with Crippen LogP contribution in [0.4, 0.5) is 16.5 Å². The zero-order valence-corrected chi connectivity index (χ0v) is 16.1. The first-order chi connectivity index (χ1) is 13.7. The molecule has 0 radical (unpaired) electrons. The molecule has 0 aliphatic rings. The molecule has 0 spiro atoms. The van der Waals surface area contributed by atoms with Crippen LogP contribution in [0.15, 0.2) is 60.0 Å². The largest absolute Gasteiger partial charge is 0.495 e. The molecule has 2 aromatic carbocycles. The zero-order valence-electron chi connectivity index (χ0n) is 15.3. The number of anilines is 3. The van der Waals surface area contributed by atoms with E-state index in [-0.39, 0.29) is 24.8 Å². The topological polar surface area (TPSA) is 92.3 Å². The molecule has 7 nitrogen and oxygen atoms in total. The molecular formula is C20H20N4O3S. The second kappa shape index (κ2) is 9.52. The van der Waals surface area contributed by atoms with Gasteiger partial charge in [0.05, 0.1) is 12.8 Å². The quantitative estimate of drug-likeness (QED) is 0.540. The lowest BCUT2D eigenvalue weighted by Crippen LogP contribution is -2.27. The lowest BCUT2D eigenvalue weighted by Gasteiger charge is -2.08. The minimum absolute atomic E-state index is 0.164. The number of carbonyl (C=O) groups is 2. The van der Waals surface area contributed by atoms with Gasteiger partial charge in [0.15, 0.2) is 5.13 Å². The first-order valence-corrected chi connectivity index (χ1v) is 9.52. The van der Waals surface area contributed by atoms with E-state index in [4.69, 9.17) is 4.74 Å². The van der Waals surface area contributed by atoms with E-state index in [1.165, 1.54) is 11.3 Å². The fraction of sp³-hybridized carbons (Fsp3) is 0.150. The second-order valence-electron chi connectivity index (χ2n) is 5.78. The van der Waals surface area contributed by atoms with E-state index in [0.717, 1.165) is 11.4 Å². The van der Waals surface area contributed by atoms with E-state index in [9.17, 15) is 9.59 Å². The van der Waals surface area contributed by atoms with Crippen LogP contribution in [0.3, 0.4) is 0 Å². The fourth-order valence-electron chi connectivity index (χ4n) is 2.42. The van der Waals surface area contributed by atoms with Gasteiger partial charge in [-0.15, -0.1) is 11.3 Å². The molecule has 0 aliphatic carbocycles. The Balaban J connectivity index is 1.48. The van der Waals surface area contributed by atoms with Crippen molar-refractivity contribution in [3.8, 4) is 5.75 Å². The van der Waals surface area contributed by atoms with Crippen molar-refractivity contribution in [2.75, 3.05) is 24.3 Å². The maximum absolute atomic E-state index is 12.2. The number of amides is 2. The Bertz CT molecular complexity index is 943. The molecule has 28 heavy (non-hydrogen) atoms. The van der Waals surface area contributed by atoms with Crippen molar-refractivity contribution in [2.45, 2.75) is 6.42 Å². The molecule has 0 saturated carbocycles. The summed E-state index contributed by atoms with van der Waals surface area (Å²) in [5, 5.41) is 10.9. The maximum atomic E-state index is 12.2. The van der Waals surface area contributed by atoms with Gasteiger partial charge in [-0.1, -0.05) is 30.3 Å². The fourth-order valence-corrected chi connectivity index (χ4v) is 3.13. The van der Waals surface area contributed by atoms with Crippen molar-refractivity contribution < 1.29 is 14.3 Å². The number of carbonyl (C=O) groups excluding carboxylic acids is 2. The Morgan fingerprint density at radius 3 is 2.61 bits per heavy atom. The highest BCUT2D eigenvalue weighted by Gasteiger charge is 2.12. The highest BCUT2D eigenvalue weighted by Crippen LogP contribution is 2.28. The van der Waals surface area contributed by atoms with Crippen molar-refractivity contribution in [3.63, 3.8) is 0 Å². The lowest BCUT2D eigenvalue weighted by atomic mass is 10.3. The number of ether oxygens (including phenoxy) is 1. The van der Waals surface area contributed by atoms with Crippen LogP contribution in [0, 0.1) is 0 Å². The number of benzene rings is 2. The number of nitrogens with zero attached hydrogens (tertiary/aromatic N) is 1. The molecule has 0 fully saturated rings. The number of para-hydroxylation sites is 3. The summed E-state index contributed by atoms with van der Waals surface area (Å²) in [6.07, 6.45) is 0.178. The van der Waals surface area contributed by atoms with E-state index in [0.29, 0.717) is 16.6 Å². The molecule has 144 valence electrons. The van der Waals surface area contributed by atoms with Crippen LogP contribution in [-0.4, -0.2) is 30.5 Å². The van der Waals surface area contributed by atoms with Crippen LogP contribution >= 0.6 is 11.3 Å². The molecule has 2 amide bonds. The van der Waals surface area contributed by atoms with Crippen molar-refractivity contribution in [1.29, 1.82) is 0 Å². The Labute approximate surface area is 166 Å². The molecule has 1 heterocycles. The van der Waals surface area contributed by atoms with Gasteiger partial charge in [-0.05, 0) is 24.3 Å². The zero-order chi connectivity index (χ0) is 19.8. The van der Waals surface area contributed by atoms with Crippen molar-refractivity contribution >= 4 is 39.7 Å². The molecule has 0 unspecified atom stereocenters. The number of nitrogens with one attached hydrogen (secondary N) is 3. The van der Waals surface area contributed by atoms with E-state index >= 15 is 0 Å². The van der Waals surface area contributed by atoms with Gasteiger partial charge in [0.1, 0.15) is 11.4 Å². The number of rotatable bonds is 8. The average molecular weight is 396 g/mol. The summed E-state index contributed by atoms with van der Waals surface area (Å²) < 4.78 is 5.29. The predicted octanol–water partition coefficient (Wildman–Crippen LogP) is 3.65. The summed E-state index contributed by atoms with van der Waals surface area (Å²) in [5.74, 6) is 0.202. The lowest BCUT2D eigenvalue weighted by molar-refractivity contribution is -0.116. The number of aromatic nitrogens is 1. The van der Waals surface area contributed by atoms with Crippen molar-refractivity contribution in [2.24, 2.45) is 0 Å². The maximum Gasteiger partial charge on any atom is 0.270 e. The van der Waals surface area contributed by atoms with E-state index in [1.54, 1.807) is 12.5 Å². The minimum atomic E-state index is -0.322. The smallest absolute Gasteiger partial charge is 0.270 e. The Morgan fingerprint density at radius 2 is 1.82 bits per heavy atom. The molecule has 3 aromatic rings. The molecule has 1 aromatic heterocycles. The van der Waals surface area contributed by atoms with Crippen LogP contribution < -0.4 is 20.7 Å². The summed E-state index contributed by atoms with van der Waals surface area (Å²) in [4.78, 5) is 28.4. The highest BCUT2D eigenvalue weighted by atomic mass is 32.1. The summed E-state index contributed by atoms with van der Waals surface area (Å²) in [6.45, 7) is 0.226. The Kier molecular flexibility index (Phi) is 6.59. The number of methoxy groups -OCH3 is 1. The van der Waals surface area contributed by atoms with E-state index in [2.05, 4.69) is 20.9 Å². The van der Waals surface area contributed by atoms with Gasteiger partial charge in [-0.2, -0.15) is 0 Å². The first-order valence-electron chi connectivity index (χ1n) is 8.64. The van der Waals surface area contributed by atoms with Gasteiger partial charge in [0.2, 0.25) is 5.91 Å². The van der Waals surface area contributed by atoms with Gasteiger partial charge in [-0.25, -0.2) is 4.98 Å². The van der Waals surface area contributed by atoms with Gasteiger partial charge < -0.3 is 20.7 Å². The molecule has 3 N–H and O–H groups in total. The van der Waals surface area contributed by atoms with E-state index < -0.39 is 0 Å². The van der Waals surface area contributed by atoms with Crippen LogP contribution in [0.2, 0.25) is 0 Å². The number of hydrogen-bond acceptors (Lipinski definition) is 6. The predicted molar refractivity (Wildman–Crippen MR) is 110 cm³/mol. The average Bonchev–Trinajstić information content (AvgIpc) is 3.18. The summed E-state index contributed by atoms with van der Waals surface area (Å²) >= 11 is 1.32. The molecule has 0 aliphatic heterocycles. The standard InChI is InChI=1S/C20H20N4O3S/c1-27-17-10-6-5-9-15(17)23-20-24-16(13-28-20)19(26)21-12-11-18(25)22-14-7-3-2-4-8-14/h2-10,13H,11-12H2,1H3,(H,21,26)(H,22,25)(H,23,24). The minimum Gasteiger partial charge on any atom is -0.495 e. The van der Waals surface area contributed by atoms with Crippen molar-refractivity contribution in [3.05, 3.63) is 65.7 Å². The molecule has 0 saturated heterocycles. The molecule has 3 rings (SSSR count). The van der Waals surface area contributed by atoms with Gasteiger partial charge in [0, 0.05) is 24.0 Å². The summed E-state index contributed by atoms with van der Waals surface area (Å²) in [6, 6.07) is 16.6.